The predicted molar refractivity (Wildman–Crippen MR) is 124 cm³/mol. The number of nitro groups is 1. The van der Waals surface area contributed by atoms with Gasteiger partial charge in [0.1, 0.15) is 6.54 Å². The molecule has 3 aromatic carbocycles. The third-order valence-corrected chi connectivity index (χ3v) is 6.58. The zero-order valence-corrected chi connectivity index (χ0v) is 18.9. The molecule has 0 aliphatic carbocycles. The molecule has 3 rings (SSSR count). The number of benzene rings is 3. The Bertz CT molecular complexity index is 1250. The number of carbonyl (C=O) groups is 1. The van der Waals surface area contributed by atoms with Crippen molar-refractivity contribution in [3.8, 4) is 0 Å². The van der Waals surface area contributed by atoms with Gasteiger partial charge in [0.2, 0.25) is 0 Å². The second-order valence-electron chi connectivity index (χ2n) is 6.42. The lowest BCUT2D eigenvalue weighted by molar-refractivity contribution is -0.387. The molecule has 11 heteroatoms. The third kappa shape index (κ3) is 5.56. The molecule has 0 saturated carbocycles. The van der Waals surface area contributed by atoms with Crippen LogP contribution in [0.4, 0.5) is 11.4 Å². The zero-order chi connectivity index (χ0) is 23.1. The van der Waals surface area contributed by atoms with Gasteiger partial charge in [-0.2, -0.15) is 5.10 Å². The fourth-order valence-corrected chi connectivity index (χ4v) is 4.59. The number of hydrogen-bond acceptors (Lipinski definition) is 6. The molecule has 9 nitrogen and oxygen atoms in total. The molecule has 0 bridgehead atoms. The van der Waals surface area contributed by atoms with Crippen LogP contribution >= 0.6 is 15.9 Å². The summed E-state index contributed by atoms with van der Waals surface area (Å²) in [4.78, 5) is 22.6. The van der Waals surface area contributed by atoms with E-state index in [0.29, 0.717) is 0 Å². The number of hydrogen-bond donors (Lipinski definition) is 1. The van der Waals surface area contributed by atoms with E-state index in [2.05, 4.69) is 26.5 Å². The minimum Gasteiger partial charge on any atom is -0.271 e. The van der Waals surface area contributed by atoms with Crippen molar-refractivity contribution in [3.05, 3.63) is 99.0 Å². The van der Waals surface area contributed by atoms with Gasteiger partial charge < -0.3 is 0 Å². The van der Waals surface area contributed by atoms with Crippen molar-refractivity contribution < 1.29 is 18.1 Å². The Morgan fingerprint density at radius 3 is 2.31 bits per heavy atom. The molecule has 0 aliphatic rings. The van der Waals surface area contributed by atoms with Gasteiger partial charge in [-0.3, -0.25) is 19.2 Å². The summed E-state index contributed by atoms with van der Waals surface area (Å²) in [6.45, 7) is -0.629. The maximum Gasteiger partial charge on any atom is 0.289 e. The van der Waals surface area contributed by atoms with E-state index in [1.54, 1.807) is 42.5 Å². The normalized spacial score (nSPS) is 11.3. The minimum absolute atomic E-state index is 0.178. The molecule has 0 atom stereocenters. The molecule has 0 unspecified atom stereocenters. The first kappa shape index (κ1) is 23.1. The summed E-state index contributed by atoms with van der Waals surface area (Å²) in [5.74, 6) is -0.718. The van der Waals surface area contributed by atoms with E-state index in [4.69, 9.17) is 0 Å². The first-order chi connectivity index (χ1) is 15.3. The van der Waals surface area contributed by atoms with Gasteiger partial charge in [0.15, 0.2) is 4.90 Å². The topological polar surface area (TPSA) is 122 Å². The summed E-state index contributed by atoms with van der Waals surface area (Å²) in [6.07, 6.45) is 1.41. The highest BCUT2D eigenvalue weighted by molar-refractivity contribution is 9.10. The number of carbonyl (C=O) groups excluding carboxylic acids is 1. The number of hydrazone groups is 1. The molecule has 0 saturated heterocycles. The summed E-state index contributed by atoms with van der Waals surface area (Å²) in [7, 11) is -4.43. The largest absolute Gasteiger partial charge is 0.289 e. The van der Waals surface area contributed by atoms with E-state index < -0.39 is 38.0 Å². The van der Waals surface area contributed by atoms with Crippen LogP contribution in [0.3, 0.4) is 0 Å². The molecule has 0 heterocycles. The van der Waals surface area contributed by atoms with Crippen LogP contribution in [0.5, 0.6) is 0 Å². The van der Waals surface area contributed by atoms with Crippen molar-refractivity contribution in [2.24, 2.45) is 5.10 Å². The number of sulfonamides is 1. The Hall–Kier alpha value is -3.57. The van der Waals surface area contributed by atoms with Crippen molar-refractivity contribution in [2.45, 2.75) is 4.90 Å². The first-order valence-electron chi connectivity index (χ1n) is 9.18. The molecule has 1 N–H and O–H groups in total. The Morgan fingerprint density at radius 1 is 1.03 bits per heavy atom. The van der Waals surface area contributed by atoms with Gasteiger partial charge in [-0.1, -0.05) is 58.4 Å². The van der Waals surface area contributed by atoms with Crippen molar-refractivity contribution in [1.29, 1.82) is 0 Å². The van der Waals surface area contributed by atoms with Crippen LogP contribution < -0.4 is 9.73 Å². The van der Waals surface area contributed by atoms with Crippen LogP contribution in [-0.4, -0.2) is 32.0 Å². The van der Waals surface area contributed by atoms with Crippen molar-refractivity contribution >= 4 is 49.4 Å². The van der Waals surface area contributed by atoms with E-state index in [-0.39, 0.29) is 5.69 Å². The average molecular weight is 517 g/mol. The summed E-state index contributed by atoms with van der Waals surface area (Å²) < 4.78 is 28.3. The molecule has 32 heavy (non-hydrogen) atoms. The number of amides is 1. The Labute approximate surface area is 192 Å². The standard InChI is InChI=1S/C21H17BrN4O5S/c22-17-12-10-16(11-13-17)14-23-24-21(27)15-25(18-6-2-1-3-7-18)32(30,31)20-9-5-4-8-19(20)26(28)29/h1-14H,15H2,(H,24,27)/b23-14+. The van der Waals surface area contributed by atoms with Crippen LogP contribution in [0.2, 0.25) is 0 Å². The monoisotopic (exact) mass is 516 g/mol. The molecule has 164 valence electrons. The zero-order valence-electron chi connectivity index (χ0n) is 16.5. The van der Waals surface area contributed by atoms with Gasteiger partial charge in [0, 0.05) is 10.5 Å². The van der Waals surface area contributed by atoms with Gasteiger partial charge in [0.25, 0.3) is 21.6 Å². The van der Waals surface area contributed by atoms with E-state index in [0.717, 1.165) is 26.5 Å². The number of halogens is 1. The number of nitro benzene ring substituents is 1. The fourth-order valence-electron chi connectivity index (χ4n) is 2.75. The second kappa shape index (κ2) is 10.2. The van der Waals surface area contributed by atoms with Crippen molar-refractivity contribution in [1.82, 2.24) is 5.43 Å². The minimum atomic E-state index is -4.43. The second-order valence-corrected chi connectivity index (χ2v) is 9.16. The van der Waals surface area contributed by atoms with Crippen LogP contribution in [0.15, 0.2) is 93.3 Å². The third-order valence-electron chi connectivity index (χ3n) is 4.23. The van der Waals surface area contributed by atoms with Crippen LogP contribution in [0.1, 0.15) is 5.56 Å². The number of nitrogens with zero attached hydrogens (tertiary/aromatic N) is 3. The van der Waals surface area contributed by atoms with Crippen LogP contribution in [0, 0.1) is 10.1 Å². The molecule has 0 fully saturated rings. The number of nitrogens with one attached hydrogen (secondary N) is 1. The lowest BCUT2D eigenvalue weighted by Gasteiger charge is -2.23. The molecule has 0 aromatic heterocycles. The maximum absolute atomic E-state index is 13.3. The van der Waals surface area contributed by atoms with Gasteiger partial charge >= 0.3 is 0 Å². The fraction of sp³-hybridized carbons (Fsp3) is 0.0476. The lowest BCUT2D eigenvalue weighted by atomic mass is 10.2. The number of rotatable bonds is 8. The summed E-state index contributed by atoms with van der Waals surface area (Å²) in [5, 5.41) is 15.2. The Kier molecular flexibility index (Phi) is 7.33. The van der Waals surface area contributed by atoms with Gasteiger partial charge in [0.05, 0.1) is 16.8 Å². The predicted octanol–water partition coefficient (Wildman–Crippen LogP) is 3.70. The SMILES string of the molecule is O=C(CN(c1ccccc1)S(=O)(=O)c1ccccc1[N+](=O)[O-])N/N=C/c1ccc(Br)cc1. The van der Waals surface area contributed by atoms with Gasteiger partial charge in [-0.15, -0.1) is 0 Å². The lowest BCUT2D eigenvalue weighted by Crippen LogP contribution is -2.39. The number of para-hydroxylation sites is 2. The Balaban J connectivity index is 1.88. The Morgan fingerprint density at radius 2 is 1.66 bits per heavy atom. The molecule has 1 amide bonds. The summed E-state index contributed by atoms with van der Waals surface area (Å²) in [5.41, 5.74) is 2.61. The maximum atomic E-state index is 13.3. The average Bonchev–Trinajstić information content (AvgIpc) is 2.79. The van der Waals surface area contributed by atoms with E-state index >= 15 is 0 Å². The summed E-state index contributed by atoms with van der Waals surface area (Å²) >= 11 is 3.32. The first-order valence-corrected chi connectivity index (χ1v) is 11.4. The van der Waals surface area contributed by atoms with Crippen molar-refractivity contribution in [2.75, 3.05) is 10.8 Å². The van der Waals surface area contributed by atoms with Gasteiger partial charge in [-0.25, -0.2) is 13.8 Å². The van der Waals surface area contributed by atoms with Crippen LogP contribution in [0.25, 0.3) is 0 Å². The highest BCUT2D eigenvalue weighted by Gasteiger charge is 2.32. The highest BCUT2D eigenvalue weighted by atomic mass is 79.9. The van der Waals surface area contributed by atoms with E-state index in [1.165, 1.54) is 30.5 Å². The molecular formula is C21H17BrN4O5S. The molecule has 0 aliphatic heterocycles. The van der Waals surface area contributed by atoms with E-state index in [9.17, 15) is 23.3 Å². The molecule has 0 radical (unpaired) electrons. The smallest absolute Gasteiger partial charge is 0.271 e. The highest BCUT2D eigenvalue weighted by Crippen LogP contribution is 2.29. The quantitative estimate of drug-likeness (QED) is 0.277. The van der Waals surface area contributed by atoms with E-state index in [1.807, 2.05) is 0 Å². The van der Waals surface area contributed by atoms with Gasteiger partial charge in [-0.05, 0) is 35.9 Å². The molecule has 0 spiro atoms. The van der Waals surface area contributed by atoms with Crippen LogP contribution in [-0.2, 0) is 14.8 Å². The summed E-state index contributed by atoms with van der Waals surface area (Å²) in [6, 6.07) is 20.0. The number of anilines is 1. The molecular weight excluding hydrogens is 500 g/mol. The van der Waals surface area contributed by atoms with Crippen molar-refractivity contribution in [3.63, 3.8) is 0 Å². The molecule has 3 aromatic rings.